The van der Waals surface area contributed by atoms with Gasteiger partial charge in [-0.3, -0.25) is 14.5 Å². The van der Waals surface area contributed by atoms with Crippen molar-refractivity contribution in [1.82, 2.24) is 10.2 Å². The molecule has 0 aromatic heterocycles. The number of nitrogens with one attached hydrogen (secondary N) is 1. The number of benzene rings is 1. The van der Waals surface area contributed by atoms with Crippen molar-refractivity contribution in [1.29, 1.82) is 0 Å². The number of amides is 1. The van der Waals surface area contributed by atoms with Gasteiger partial charge in [-0.2, -0.15) is 0 Å². The van der Waals surface area contributed by atoms with E-state index in [0.717, 1.165) is 30.6 Å². The summed E-state index contributed by atoms with van der Waals surface area (Å²) in [6, 6.07) is 7.09. The first kappa shape index (κ1) is 18.7. The summed E-state index contributed by atoms with van der Waals surface area (Å²) in [6.07, 6.45) is 2.63. The van der Waals surface area contributed by atoms with Crippen molar-refractivity contribution >= 4 is 11.9 Å². The molecule has 142 valence electrons. The highest BCUT2D eigenvalue weighted by molar-refractivity contribution is 5.82. The predicted octanol–water partition coefficient (Wildman–Crippen LogP) is 2.45. The molecule has 2 aliphatic rings. The minimum absolute atomic E-state index is 0.0797. The third-order valence-corrected chi connectivity index (χ3v) is 6.21. The fourth-order valence-electron chi connectivity index (χ4n) is 4.57. The molecule has 1 aliphatic heterocycles. The van der Waals surface area contributed by atoms with Gasteiger partial charge in [-0.1, -0.05) is 24.6 Å². The minimum Gasteiger partial charge on any atom is -0.496 e. The van der Waals surface area contributed by atoms with Gasteiger partial charge < -0.3 is 15.2 Å². The SMILES string of the molecule is COc1ccccc1C(C)NC(=O)C(C)N1C[C@@H]2CCC[C@@]2(C(=O)O)C1. The van der Waals surface area contributed by atoms with Crippen molar-refractivity contribution in [3.05, 3.63) is 29.8 Å². The van der Waals surface area contributed by atoms with Gasteiger partial charge in [0.15, 0.2) is 0 Å². The molecular formula is C20H28N2O4. The number of hydrogen-bond donors (Lipinski definition) is 2. The Balaban J connectivity index is 1.66. The minimum atomic E-state index is -0.711. The molecule has 6 heteroatoms. The number of fused-ring (bicyclic) bond motifs is 1. The molecule has 0 radical (unpaired) electrons. The molecule has 1 saturated carbocycles. The van der Waals surface area contributed by atoms with Crippen LogP contribution in [-0.4, -0.2) is 48.1 Å². The van der Waals surface area contributed by atoms with Crippen LogP contribution < -0.4 is 10.1 Å². The largest absolute Gasteiger partial charge is 0.496 e. The molecule has 3 rings (SSSR count). The van der Waals surface area contributed by atoms with E-state index in [9.17, 15) is 14.7 Å². The number of methoxy groups -OCH3 is 1. The van der Waals surface area contributed by atoms with Crippen molar-refractivity contribution in [2.24, 2.45) is 11.3 Å². The second-order valence-corrected chi connectivity index (χ2v) is 7.63. The van der Waals surface area contributed by atoms with Gasteiger partial charge >= 0.3 is 5.97 Å². The van der Waals surface area contributed by atoms with E-state index in [2.05, 4.69) is 5.32 Å². The molecule has 2 fully saturated rings. The van der Waals surface area contributed by atoms with Gasteiger partial charge in [-0.15, -0.1) is 0 Å². The van der Waals surface area contributed by atoms with Crippen LogP contribution in [-0.2, 0) is 9.59 Å². The number of rotatable bonds is 6. The molecule has 0 bridgehead atoms. The van der Waals surface area contributed by atoms with Crippen LogP contribution in [0.5, 0.6) is 5.75 Å². The summed E-state index contributed by atoms with van der Waals surface area (Å²) in [5, 5.41) is 12.8. The lowest BCUT2D eigenvalue weighted by molar-refractivity contribution is -0.149. The molecule has 2 unspecified atom stereocenters. The predicted molar refractivity (Wildman–Crippen MR) is 98.0 cm³/mol. The molecule has 1 aromatic carbocycles. The Morgan fingerprint density at radius 1 is 1.35 bits per heavy atom. The Labute approximate surface area is 154 Å². The van der Waals surface area contributed by atoms with Gasteiger partial charge in [0.25, 0.3) is 0 Å². The van der Waals surface area contributed by atoms with E-state index in [1.165, 1.54) is 0 Å². The number of hydrogen-bond acceptors (Lipinski definition) is 4. The quantitative estimate of drug-likeness (QED) is 0.815. The third-order valence-electron chi connectivity index (χ3n) is 6.21. The summed E-state index contributed by atoms with van der Waals surface area (Å²) in [4.78, 5) is 26.6. The molecule has 1 amide bonds. The van der Waals surface area contributed by atoms with Crippen LogP contribution in [0.2, 0.25) is 0 Å². The maximum absolute atomic E-state index is 12.8. The first-order chi connectivity index (χ1) is 12.4. The van der Waals surface area contributed by atoms with Crippen LogP contribution in [0, 0.1) is 11.3 Å². The monoisotopic (exact) mass is 360 g/mol. The number of likely N-dealkylation sites (tertiary alicyclic amines) is 1. The maximum Gasteiger partial charge on any atom is 0.311 e. The Morgan fingerprint density at radius 2 is 2.08 bits per heavy atom. The van der Waals surface area contributed by atoms with Gasteiger partial charge in [0.2, 0.25) is 5.91 Å². The van der Waals surface area contributed by atoms with E-state index in [0.29, 0.717) is 13.1 Å². The molecular weight excluding hydrogens is 332 g/mol. The standard InChI is InChI=1S/C20H28N2O4/c1-13(16-8-4-5-9-17(16)26-3)21-18(23)14(2)22-11-15-7-6-10-20(15,12-22)19(24)25/h4-5,8-9,13-15H,6-7,10-12H2,1-3H3,(H,21,23)(H,24,25)/t13?,14?,15-,20+/m0/s1. The fourth-order valence-corrected chi connectivity index (χ4v) is 4.57. The van der Waals surface area contributed by atoms with Crippen molar-refractivity contribution in [2.45, 2.75) is 45.2 Å². The molecule has 1 saturated heterocycles. The smallest absolute Gasteiger partial charge is 0.311 e. The number of carboxylic acid groups (broad SMARTS) is 1. The van der Waals surface area contributed by atoms with Crippen molar-refractivity contribution in [2.75, 3.05) is 20.2 Å². The van der Waals surface area contributed by atoms with Gasteiger partial charge in [0, 0.05) is 18.7 Å². The highest BCUT2D eigenvalue weighted by Crippen LogP contribution is 2.49. The number of carbonyl (C=O) groups excluding carboxylic acids is 1. The van der Waals surface area contributed by atoms with Crippen molar-refractivity contribution in [3.63, 3.8) is 0 Å². The number of carboxylic acids is 1. The molecule has 1 heterocycles. The van der Waals surface area contributed by atoms with Crippen LogP contribution in [0.3, 0.4) is 0 Å². The van der Waals surface area contributed by atoms with Crippen LogP contribution in [0.4, 0.5) is 0 Å². The first-order valence-corrected chi connectivity index (χ1v) is 9.30. The second-order valence-electron chi connectivity index (χ2n) is 7.63. The average molecular weight is 360 g/mol. The zero-order valence-electron chi connectivity index (χ0n) is 15.7. The number of nitrogens with zero attached hydrogens (tertiary/aromatic N) is 1. The van der Waals surface area contributed by atoms with E-state index >= 15 is 0 Å². The lowest BCUT2D eigenvalue weighted by Gasteiger charge is -2.28. The number of aliphatic carboxylic acids is 1. The molecule has 6 nitrogen and oxygen atoms in total. The number of para-hydroxylation sites is 1. The van der Waals surface area contributed by atoms with E-state index in [4.69, 9.17) is 4.74 Å². The summed E-state index contributed by atoms with van der Waals surface area (Å²) in [7, 11) is 1.62. The van der Waals surface area contributed by atoms with Crippen LogP contribution in [0.15, 0.2) is 24.3 Å². The summed E-state index contributed by atoms with van der Waals surface area (Å²) < 4.78 is 5.37. The summed E-state index contributed by atoms with van der Waals surface area (Å²) >= 11 is 0. The summed E-state index contributed by atoms with van der Waals surface area (Å²) in [6.45, 7) is 4.94. The van der Waals surface area contributed by atoms with Gasteiger partial charge in [0.05, 0.1) is 24.6 Å². The summed E-state index contributed by atoms with van der Waals surface area (Å²) in [5.74, 6) is 0.108. The lowest BCUT2D eigenvalue weighted by Crippen LogP contribution is -2.46. The molecule has 4 atom stereocenters. The Morgan fingerprint density at radius 3 is 2.73 bits per heavy atom. The van der Waals surface area contributed by atoms with E-state index in [-0.39, 0.29) is 23.9 Å². The van der Waals surface area contributed by atoms with Gasteiger partial charge in [-0.25, -0.2) is 0 Å². The Hall–Kier alpha value is -2.08. The zero-order chi connectivity index (χ0) is 18.9. The molecule has 0 spiro atoms. The van der Waals surface area contributed by atoms with Gasteiger partial charge in [-0.05, 0) is 38.7 Å². The van der Waals surface area contributed by atoms with Gasteiger partial charge in [0.1, 0.15) is 5.75 Å². The van der Waals surface area contributed by atoms with Crippen LogP contribution in [0.25, 0.3) is 0 Å². The van der Waals surface area contributed by atoms with E-state index in [1.807, 2.05) is 43.0 Å². The van der Waals surface area contributed by atoms with Crippen molar-refractivity contribution in [3.8, 4) is 5.75 Å². The number of carbonyl (C=O) groups is 2. The second kappa shape index (κ2) is 7.27. The maximum atomic E-state index is 12.8. The topological polar surface area (TPSA) is 78.9 Å². The van der Waals surface area contributed by atoms with Crippen molar-refractivity contribution < 1.29 is 19.4 Å². The molecule has 1 aliphatic carbocycles. The fraction of sp³-hybridized carbons (Fsp3) is 0.600. The normalized spacial score (nSPS) is 27.6. The van der Waals surface area contributed by atoms with E-state index in [1.54, 1.807) is 7.11 Å². The molecule has 2 N–H and O–H groups in total. The molecule has 26 heavy (non-hydrogen) atoms. The summed E-state index contributed by atoms with van der Waals surface area (Å²) in [5.41, 5.74) is 0.263. The highest BCUT2D eigenvalue weighted by atomic mass is 16.5. The van der Waals surface area contributed by atoms with E-state index < -0.39 is 11.4 Å². The lowest BCUT2D eigenvalue weighted by atomic mass is 9.81. The first-order valence-electron chi connectivity index (χ1n) is 9.30. The Kier molecular flexibility index (Phi) is 5.23. The van der Waals surface area contributed by atoms with Crippen LogP contribution >= 0.6 is 0 Å². The highest BCUT2D eigenvalue weighted by Gasteiger charge is 2.55. The average Bonchev–Trinajstić information content (AvgIpc) is 3.19. The Bertz CT molecular complexity index is 692. The zero-order valence-corrected chi connectivity index (χ0v) is 15.7. The van der Waals surface area contributed by atoms with Crippen LogP contribution in [0.1, 0.15) is 44.7 Å². The molecule has 1 aromatic rings. The third kappa shape index (κ3) is 3.18. The number of ether oxygens (including phenoxy) is 1.